The molecule has 0 aromatic carbocycles. The molecular weight excluding hydrogens is 252 g/mol. The van der Waals surface area contributed by atoms with Crippen LogP contribution in [0.5, 0.6) is 0 Å². The normalized spacial score (nSPS) is 10.3. The van der Waals surface area contributed by atoms with E-state index in [0.717, 1.165) is 30.0 Å². The number of hydrogen-bond donors (Lipinski definition) is 3. The molecule has 0 radical (unpaired) electrons. The summed E-state index contributed by atoms with van der Waals surface area (Å²) < 4.78 is 0. The smallest absolute Gasteiger partial charge is 0.223 e. The molecule has 4 N–H and O–H groups in total. The van der Waals surface area contributed by atoms with E-state index in [2.05, 4.69) is 32.5 Å². The second-order valence-corrected chi connectivity index (χ2v) is 4.58. The van der Waals surface area contributed by atoms with Gasteiger partial charge in [-0.05, 0) is 25.0 Å². The van der Waals surface area contributed by atoms with Gasteiger partial charge in [0.25, 0.3) is 0 Å². The molecule has 2 aromatic heterocycles. The van der Waals surface area contributed by atoms with E-state index in [1.54, 1.807) is 0 Å². The number of hydrogen-bond acceptors (Lipinski definition) is 6. The average Bonchev–Trinajstić information content (AvgIpc) is 2.44. The van der Waals surface area contributed by atoms with E-state index in [0.29, 0.717) is 12.4 Å². The Bertz CT molecular complexity index is 552. The van der Waals surface area contributed by atoms with Crippen molar-refractivity contribution in [2.45, 2.75) is 26.8 Å². The minimum atomic E-state index is 0.260. The van der Waals surface area contributed by atoms with Gasteiger partial charge in [-0.25, -0.2) is 0 Å². The molecule has 0 spiro atoms. The van der Waals surface area contributed by atoms with Crippen molar-refractivity contribution in [3.8, 4) is 0 Å². The highest BCUT2D eigenvalue weighted by molar-refractivity contribution is 5.51. The van der Waals surface area contributed by atoms with Crippen molar-refractivity contribution in [2.75, 3.05) is 22.9 Å². The summed E-state index contributed by atoms with van der Waals surface area (Å²) in [6, 6.07) is 5.88. The third-order valence-electron chi connectivity index (χ3n) is 2.75. The highest BCUT2D eigenvalue weighted by Crippen LogP contribution is 2.13. The second-order valence-electron chi connectivity index (χ2n) is 4.58. The van der Waals surface area contributed by atoms with Crippen molar-refractivity contribution < 1.29 is 0 Å². The first-order valence-electron chi connectivity index (χ1n) is 6.71. The molecule has 2 aromatic rings. The van der Waals surface area contributed by atoms with Crippen LogP contribution >= 0.6 is 0 Å². The number of nitrogens with two attached hydrogens (primary N) is 1. The lowest BCUT2D eigenvalue weighted by molar-refractivity contribution is 0.965. The molecular formula is C14H20N6. The lowest BCUT2D eigenvalue weighted by atomic mass is 10.2. The van der Waals surface area contributed by atoms with Crippen LogP contribution in [0, 0.1) is 6.92 Å². The van der Waals surface area contributed by atoms with Crippen LogP contribution < -0.4 is 16.4 Å². The second kappa shape index (κ2) is 6.70. The fourth-order valence-corrected chi connectivity index (χ4v) is 1.70. The Labute approximate surface area is 118 Å². The molecule has 20 heavy (non-hydrogen) atoms. The summed E-state index contributed by atoms with van der Waals surface area (Å²) in [5.41, 5.74) is 7.80. The first kappa shape index (κ1) is 14.0. The Morgan fingerprint density at radius 3 is 2.55 bits per heavy atom. The molecule has 2 heterocycles. The number of aryl methyl sites for hydroxylation is 1. The van der Waals surface area contributed by atoms with Gasteiger partial charge in [-0.3, -0.25) is 4.98 Å². The number of nitrogens with one attached hydrogen (secondary N) is 2. The van der Waals surface area contributed by atoms with Gasteiger partial charge in [0.15, 0.2) is 0 Å². The van der Waals surface area contributed by atoms with Crippen molar-refractivity contribution in [2.24, 2.45) is 0 Å². The Morgan fingerprint density at radius 2 is 1.90 bits per heavy atom. The van der Waals surface area contributed by atoms with Gasteiger partial charge in [0.05, 0.1) is 0 Å². The largest absolute Gasteiger partial charge is 0.370 e. The van der Waals surface area contributed by atoms with Crippen LogP contribution in [-0.2, 0) is 6.54 Å². The van der Waals surface area contributed by atoms with Crippen LogP contribution in [0.3, 0.4) is 0 Å². The number of pyridine rings is 1. The third kappa shape index (κ3) is 4.08. The standard InChI is InChI=1S/C14H20N6/c1-3-6-16-12-7-13(20-14(15)19-12)18-9-11-5-4-10(2)17-8-11/h4-5,7-8H,3,6,9H2,1-2H3,(H4,15,16,18,19,20). The summed E-state index contributed by atoms with van der Waals surface area (Å²) in [5, 5.41) is 6.42. The molecule has 0 saturated carbocycles. The van der Waals surface area contributed by atoms with E-state index in [1.165, 1.54) is 0 Å². The zero-order valence-electron chi connectivity index (χ0n) is 11.8. The quantitative estimate of drug-likeness (QED) is 0.747. The lowest BCUT2D eigenvalue weighted by Gasteiger charge is -2.09. The number of nitrogens with zero attached hydrogens (tertiary/aromatic N) is 3. The van der Waals surface area contributed by atoms with Gasteiger partial charge >= 0.3 is 0 Å². The van der Waals surface area contributed by atoms with Gasteiger partial charge < -0.3 is 16.4 Å². The Kier molecular flexibility index (Phi) is 4.70. The average molecular weight is 272 g/mol. The summed E-state index contributed by atoms with van der Waals surface area (Å²) in [6.45, 7) is 5.57. The molecule has 0 unspecified atom stereocenters. The summed E-state index contributed by atoms with van der Waals surface area (Å²) >= 11 is 0. The van der Waals surface area contributed by atoms with Crippen molar-refractivity contribution in [3.05, 3.63) is 35.7 Å². The molecule has 0 aliphatic rings. The zero-order valence-corrected chi connectivity index (χ0v) is 11.8. The van der Waals surface area contributed by atoms with Crippen LogP contribution in [0.25, 0.3) is 0 Å². The number of nitrogen functional groups attached to an aromatic ring is 1. The fourth-order valence-electron chi connectivity index (χ4n) is 1.70. The molecule has 0 bridgehead atoms. The lowest BCUT2D eigenvalue weighted by Crippen LogP contribution is -2.08. The van der Waals surface area contributed by atoms with E-state index in [-0.39, 0.29) is 5.95 Å². The Morgan fingerprint density at radius 1 is 1.15 bits per heavy atom. The molecule has 0 fully saturated rings. The molecule has 0 amide bonds. The van der Waals surface area contributed by atoms with E-state index in [1.807, 2.05) is 31.3 Å². The monoisotopic (exact) mass is 272 g/mol. The predicted molar refractivity (Wildman–Crippen MR) is 81.5 cm³/mol. The molecule has 0 atom stereocenters. The number of aromatic nitrogens is 3. The molecule has 0 aliphatic carbocycles. The highest BCUT2D eigenvalue weighted by atomic mass is 15.1. The van der Waals surface area contributed by atoms with Crippen molar-refractivity contribution in [3.63, 3.8) is 0 Å². The summed E-state index contributed by atoms with van der Waals surface area (Å²) in [6.07, 6.45) is 2.88. The topological polar surface area (TPSA) is 88.8 Å². The van der Waals surface area contributed by atoms with Crippen LogP contribution in [-0.4, -0.2) is 21.5 Å². The minimum Gasteiger partial charge on any atom is -0.370 e. The highest BCUT2D eigenvalue weighted by Gasteiger charge is 2.02. The van der Waals surface area contributed by atoms with Crippen LogP contribution in [0.15, 0.2) is 24.4 Å². The maximum Gasteiger partial charge on any atom is 0.223 e. The van der Waals surface area contributed by atoms with E-state index in [9.17, 15) is 0 Å². The first-order valence-corrected chi connectivity index (χ1v) is 6.71. The molecule has 6 heteroatoms. The summed E-state index contributed by atoms with van der Waals surface area (Å²) in [5.74, 6) is 1.70. The summed E-state index contributed by atoms with van der Waals surface area (Å²) in [7, 11) is 0. The molecule has 6 nitrogen and oxygen atoms in total. The SMILES string of the molecule is CCCNc1cc(NCc2ccc(C)nc2)nc(N)n1. The van der Waals surface area contributed by atoms with Gasteiger partial charge in [0.2, 0.25) is 5.95 Å². The molecule has 0 saturated heterocycles. The van der Waals surface area contributed by atoms with E-state index in [4.69, 9.17) is 5.73 Å². The van der Waals surface area contributed by atoms with Gasteiger partial charge in [-0.15, -0.1) is 0 Å². The van der Waals surface area contributed by atoms with Gasteiger partial charge in [-0.1, -0.05) is 13.0 Å². The Hall–Kier alpha value is -2.37. The van der Waals surface area contributed by atoms with Crippen LogP contribution in [0.4, 0.5) is 17.6 Å². The third-order valence-corrected chi connectivity index (χ3v) is 2.75. The van der Waals surface area contributed by atoms with Gasteiger partial charge in [0.1, 0.15) is 11.6 Å². The fraction of sp³-hybridized carbons (Fsp3) is 0.357. The molecule has 106 valence electrons. The number of rotatable bonds is 6. The summed E-state index contributed by atoms with van der Waals surface area (Å²) in [4.78, 5) is 12.6. The minimum absolute atomic E-state index is 0.260. The van der Waals surface area contributed by atoms with Gasteiger partial charge in [0, 0.05) is 31.0 Å². The zero-order chi connectivity index (χ0) is 14.4. The first-order chi connectivity index (χ1) is 9.67. The number of anilines is 3. The van der Waals surface area contributed by atoms with E-state index < -0.39 is 0 Å². The van der Waals surface area contributed by atoms with Crippen molar-refractivity contribution in [1.29, 1.82) is 0 Å². The van der Waals surface area contributed by atoms with Crippen LogP contribution in [0.2, 0.25) is 0 Å². The maximum atomic E-state index is 5.71. The van der Waals surface area contributed by atoms with Crippen molar-refractivity contribution >= 4 is 17.6 Å². The van der Waals surface area contributed by atoms with E-state index >= 15 is 0 Å². The Balaban J connectivity index is 2.01. The maximum absolute atomic E-state index is 5.71. The van der Waals surface area contributed by atoms with Crippen LogP contribution in [0.1, 0.15) is 24.6 Å². The van der Waals surface area contributed by atoms with Gasteiger partial charge in [-0.2, -0.15) is 9.97 Å². The molecule has 0 aliphatic heterocycles. The van der Waals surface area contributed by atoms with Crippen molar-refractivity contribution in [1.82, 2.24) is 15.0 Å². The molecule has 2 rings (SSSR count). The predicted octanol–water partition coefficient (Wildman–Crippen LogP) is 2.20.